The molecule has 1 aromatic carbocycles. The Morgan fingerprint density at radius 3 is 2.74 bits per heavy atom. The topological polar surface area (TPSA) is 63.7 Å². The Balaban J connectivity index is 2.36. The molecular formula is C13H17NO4S. The van der Waals surface area contributed by atoms with Crippen LogP contribution < -0.4 is 4.31 Å². The number of nitrogens with zero attached hydrogens (tertiary/aromatic N) is 1. The van der Waals surface area contributed by atoms with E-state index in [1.54, 1.807) is 19.1 Å². The quantitative estimate of drug-likeness (QED) is 0.786. The van der Waals surface area contributed by atoms with Gasteiger partial charge in [-0.05, 0) is 18.6 Å². The molecule has 19 heavy (non-hydrogen) atoms. The maximum absolute atomic E-state index is 12.1. The Hall–Kier alpha value is -1.56. The number of benzene rings is 1. The molecule has 1 heterocycles. The molecule has 0 saturated heterocycles. The van der Waals surface area contributed by atoms with Crippen molar-refractivity contribution < 1.29 is 17.9 Å². The lowest BCUT2D eigenvalue weighted by Gasteiger charge is -2.18. The molecule has 1 atom stereocenters. The van der Waals surface area contributed by atoms with Gasteiger partial charge in [0.1, 0.15) is 0 Å². The van der Waals surface area contributed by atoms with Gasteiger partial charge in [0.2, 0.25) is 10.0 Å². The summed E-state index contributed by atoms with van der Waals surface area (Å²) in [6.07, 6.45) is 0.198. The Kier molecular flexibility index (Phi) is 3.80. The number of carbonyl (C=O) groups is 1. The Bertz CT molecular complexity index is 582. The highest BCUT2D eigenvalue weighted by molar-refractivity contribution is 7.92. The molecule has 1 aliphatic heterocycles. The lowest BCUT2D eigenvalue weighted by molar-refractivity contribution is -0.140. The second-order valence-corrected chi connectivity index (χ2v) is 6.65. The normalized spacial score (nSPS) is 18.2. The fourth-order valence-electron chi connectivity index (χ4n) is 2.34. The van der Waals surface area contributed by atoms with Crippen LogP contribution in [0.2, 0.25) is 0 Å². The number of fused-ring (bicyclic) bond motifs is 1. The van der Waals surface area contributed by atoms with E-state index in [0.717, 1.165) is 5.56 Å². The van der Waals surface area contributed by atoms with Crippen LogP contribution >= 0.6 is 0 Å². The van der Waals surface area contributed by atoms with Crippen molar-refractivity contribution in [3.63, 3.8) is 0 Å². The van der Waals surface area contributed by atoms with Gasteiger partial charge in [-0.3, -0.25) is 9.10 Å². The van der Waals surface area contributed by atoms with E-state index in [2.05, 4.69) is 4.74 Å². The summed E-state index contributed by atoms with van der Waals surface area (Å²) in [5.41, 5.74) is 1.57. The number of hydrogen-bond acceptors (Lipinski definition) is 4. The summed E-state index contributed by atoms with van der Waals surface area (Å²) in [5, 5.41) is 0. The van der Waals surface area contributed by atoms with Crippen molar-refractivity contribution in [2.24, 2.45) is 0 Å². The van der Waals surface area contributed by atoms with Crippen LogP contribution in [0.25, 0.3) is 0 Å². The van der Waals surface area contributed by atoms with E-state index >= 15 is 0 Å². The predicted molar refractivity (Wildman–Crippen MR) is 72.6 cm³/mol. The van der Waals surface area contributed by atoms with E-state index in [0.29, 0.717) is 12.2 Å². The number of ether oxygens (including phenoxy) is 1. The zero-order valence-corrected chi connectivity index (χ0v) is 11.8. The Morgan fingerprint density at radius 1 is 1.42 bits per heavy atom. The van der Waals surface area contributed by atoms with Gasteiger partial charge in [0.15, 0.2) is 0 Å². The molecule has 5 nitrogen and oxygen atoms in total. The smallest absolute Gasteiger partial charge is 0.306 e. The van der Waals surface area contributed by atoms with Crippen LogP contribution in [-0.4, -0.2) is 33.8 Å². The van der Waals surface area contributed by atoms with E-state index in [-0.39, 0.29) is 24.1 Å². The average Bonchev–Trinajstić information content (AvgIpc) is 2.78. The molecule has 0 aliphatic carbocycles. The fraction of sp³-hybridized carbons (Fsp3) is 0.462. The van der Waals surface area contributed by atoms with E-state index in [9.17, 15) is 13.2 Å². The molecule has 0 fully saturated rings. The first-order chi connectivity index (χ1) is 8.99. The van der Waals surface area contributed by atoms with Crippen LogP contribution in [0.15, 0.2) is 24.3 Å². The molecule has 0 aromatic heterocycles. The van der Waals surface area contributed by atoms with Crippen LogP contribution in [-0.2, 0) is 19.6 Å². The molecule has 0 radical (unpaired) electrons. The second-order valence-electron chi connectivity index (χ2n) is 4.47. The van der Waals surface area contributed by atoms with E-state index < -0.39 is 10.0 Å². The predicted octanol–water partition coefficient (Wildman–Crippen LogP) is 1.50. The van der Waals surface area contributed by atoms with Crippen molar-refractivity contribution in [3.05, 3.63) is 29.8 Å². The Labute approximate surface area is 113 Å². The van der Waals surface area contributed by atoms with E-state index in [4.69, 9.17) is 0 Å². The molecule has 104 valence electrons. The highest BCUT2D eigenvalue weighted by Crippen LogP contribution is 2.39. The molecule has 0 amide bonds. The summed E-state index contributed by atoms with van der Waals surface area (Å²) in [6.45, 7) is 1.93. The average molecular weight is 283 g/mol. The third-order valence-corrected chi connectivity index (χ3v) is 5.12. The summed E-state index contributed by atoms with van der Waals surface area (Å²) in [6, 6.07) is 7.30. The van der Waals surface area contributed by atoms with Crippen LogP contribution in [0.5, 0.6) is 0 Å². The lowest BCUT2D eigenvalue weighted by atomic mass is 9.98. The van der Waals surface area contributed by atoms with E-state index in [1.165, 1.54) is 11.4 Å². The number of carbonyl (C=O) groups excluding carboxylic acids is 1. The van der Waals surface area contributed by atoms with Gasteiger partial charge in [-0.1, -0.05) is 18.2 Å². The number of anilines is 1. The minimum Gasteiger partial charge on any atom is -0.469 e. The number of hydrogen-bond donors (Lipinski definition) is 0. The minimum atomic E-state index is -3.31. The van der Waals surface area contributed by atoms with Crippen molar-refractivity contribution in [1.82, 2.24) is 0 Å². The first-order valence-electron chi connectivity index (χ1n) is 6.15. The molecular weight excluding hydrogens is 266 g/mol. The minimum absolute atomic E-state index is 0.0479. The SMILES string of the molecule is CCS(=O)(=O)N1CC(CC(=O)OC)c2ccccc21. The summed E-state index contributed by atoms with van der Waals surface area (Å²) in [7, 11) is -1.97. The van der Waals surface area contributed by atoms with Gasteiger partial charge in [0.05, 0.1) is 25.0 Å². The molecule has 1 aromatic rings. The first-order valence-corrected chi connectivity index (χ1v) is 7.76. The monoisotopic (exact) mass is 283 g/mol. The Morgan fingerprint density at radius 2 is 2.11 bits per heavy atom. The number of methoxy groups -OCH3 is 1. The third-order valence-electron chi connectivity index (χ3n) is 3.37. The standard InChI is InChI=1S/C13H17NO4S/c1-3-19(16,17)14-9-10(8-13(15)18-2)11-6-4-5-7-12(11)14/h4-7,10H,3,8-9H2,1-2H3. The maximum atomic E-state index is 12.1. The van der Waals surface area contributed by atoms with Crippen LogP contribution in [0, 0.1) is 0 Å². The summed E-state index contributed by atoms with van der Waals surface area (Å²) >= 11 is 0. The molecule has 1 aliphatic rings. The number of para-hydroxylation sites is 1. The molecule has 6 heteroatoms. The van der Waals surface area contributed by atoms with Crippen molar-refractivity contribution in [2.75, 3.05) is 23.7 Å². The van der Waals surface area contributed by atoms with Crippen molar-refractivity contribution in [2.45, 2.75) is 19.3 Å². The third kappa shape index (κ3) is 2.58. The largest absolute Gasteiger partial charge is 0.469 e. The van der Waals surface area contributed by atoms with Gasteiger partial charge in [-0.25, -0.2) is 8.42 Å². The summed E-state index contributed by atoms with van der Waals surface area (Å²) < 4.78 is 30.2. The highest BCUT2D eigenvalue weighted by atomic mass is 32.2. The molecule has 0 bridgehead atoms. The zero-order valence-electron chi connectivity index (χ0n) is 11.0. The zero-order chi connectivity index (χ0) is 14.0. The number of esters is 1. The molecule has 0 spiro atoms. The molecule has 0 N–H and O–H groups in total. The lowest BCUT2D eigenvalue weighted by Crippen LogP contribution is -2.31. The van der Waals surface area contributed by atoms with E-state index in [1.807, 2.05) is 12.1 Å². The van der Waals surface area contributed by atoms with Gasteiger partial charge in [0.25, 0.3) is 0 Å². The van der Waals surface area contributed by atoms with Crippen molar-refractivity contribution >= 4 is 21.7 Å². The molecule has 1 unspecified atom stereocenters. The van der Waals surface area contributed by atoms with Crippen LogP contribution in [0.3, 0.4) is 0 Å². The number of rotatable bonds is 4. The second kappa shape index (κ2) is 5.21. The summed E-state index contributed by atoms with van der Waals surface area (Å²) in [4.78, 5) is 11.4. The summed E-state index contributed by atoms with van der Waals surface area (Å²) in [5.74, 6) is -0.410. The highest BCUT2D eigenvalue weighted by Gasteiger charge is 2.35. The van der Waals surface area contributed by atoms with Gasteiger partial charge in [-0.15, -0.1) is 0 Å². The van der Waals surface area contributed by atoms with Gasteiger partial charge in [-0.2, -0.15) is 0 Å². The van der Waals surface area contributed by atoms with Crippen molar-refractivity contribution in [1.29, 1.82) is 0 Å². The van der Waals surface area contributed by atoms with Gasteiger partial charge < -0.3 is 4.74 Å². The molecule has 2 rings (SSSR count). The number of sulfonamides is 1. The van der Waals surface area contributed by atoms with Crippen LogP contribution in [0.4, 0.5) is 5.69 Å². The van der Waals surface area contributed by atoms with Crippen molar-refractivity contribution in [3.8, 4) is 0 Å². The fourth-order valence-corrected chi connectivity index (χ4v) is 3.52. The van der Waals surface area contributed by atoms with Crippen LogP contribution in [0.1, 0.15) is 24.8 Å². The maximum Gasteiger partial charge on any atom is 0.306 e. The first kappa shape index (κ1) is 13.9. The molecule has 0 saturated carbocycles. The van der Waals surface area contributed by atoms with Gasteiger partial charge >= 0.3 is 5.97 Å². The van der Waals surface area contributed by atoms with Gasteiger partial charge in [0, 0.05) is 12.5 Å².